The molecule has 0 radical (unpaired) electrons. The molecule has 2 saturated carbocycles. The van der Waals surface area contributed by atoms with Crippen LogP contribution in [0.4, 0.5) is 5.95 Å². The number of benzene rings is 1. The largest absolute Gasteiger partial charge is 0.378 e. The third kappa shape index (κ3) is 6.34. The molecule has 3 heterocycles. The van der Waals surface area contributed by atoms with Gasteiger partial charge in [-0.05, 0) is 62.8 Å². The molecule has 1 aliphatic heterocycles. The van der Waals surface area contributed by atoms with Gasteiger partial charge in [0.1, 0.15) is 10.0 Å². The lowest BCUT2D eigenvalue weighted by Gasteiger charge is -2.32. The highest BCUT2D eigenvalue weighted by Crippen LogP contribution is 2.39. The topological polar surface area (TPSA) is 93.6 Å². The van der Waals surface area contributed by atoms with Crippen molar-refractivity contribution in [1.29, 1.82) is 0 Å². The smallest absolute Gasteiger partial charge is 0.248 e. The van der Waals surface area contributed by atoms with Crippen molar-refractivity contribution in [1.82, 2.24) is 25.2 Å². The minimum Gasteiger partial charge on any atom is -0.378 e. The van der Waals surface area contributed by atoms with Gasteiger partial charge in [-0.15, -0.1) is 10.2 Å². The van der Waals surface area contributed by atoms with Gasteiger partial charge in [0, 0.05) is 62.1 Å². The molecule has 9 nitrogen and oxygen atoms in total. The van der Waals surface area contributed by atoms with Crippen LogP contribution in [-0.2, 0) is 14.4 Å². The zero-order valence-corrected chi connectivity index (χ0v) is 24.2. The molecule has 212 valence electrons. The van der Waals surface area contributed by atoms with Crippen LogP contribution in [0.5, 0.6) is 0 Å². The Morgan fingerprint density at radius 3 is 2.25 bits per heavy atom. The van der Waals surface area contributed by atoms with Crippen molar-refractivity contribution in [3.8, 4) is 21.7 Å². The second kappa shape index (κ2) is 12.3. The molecule has 0 atom stereocenters. The van der Waals surface area contributed by atoms with E-state index in [4.69, 9.17) is 9.57 Å². The minimum absolute atomic E-state index is 0.0302. The average Bonchev–Trinajstić information content (AvgIpc) is 3.73. The molecule has 40 heavy (non-hydrogen) atoms. The first-order chi connectivity index (χ1) is 19.6. The van der Waals surface area contributed by atoms with Crippen molar-refractivity contribution < 1.29 is 14.4 Å². The monoisotopic (exact) mass is 562 g/mol. The Morgan fingerprint density at radius 2 is 1.60 bits per heavy atom. The van der Waals surface area contributed by atoms with Crippen molar-refractivity contribution in [2.75, 3.05) is 38.8 Å². The summed E-state index contributed by atoms with van der Waals surface area (Å²) in [5.41, 5.74) is 3.14. The number of nitrogens with zero attached hydrogens (tertiary/aromatic N) is 6. The summed E-state index contributed by atoms with van der Waals surface area (Å²) in [5, 5.41) is 12.3. The van der Waals surface area contributed by atoms with Gasteiger partial charge in [0.25, 0.3) is 0 Å². The van der Waals surface area contributed by atoms with Crippen LogP contribution >= 0.6 is 11.3 Å². The number of aromatic nitrogens is 4. The molecule has 0 spiro atoms. The Hall–Kier alpha value is -2.95. The third-order valence-electron chi connectivity index (χ3n) is 8.54. The van der Waals surface area contributed by atoms with Crippen LogP contribution in [0.3, 0.4) is 0 Å². The fourth-order valence-corrected chi connectivity index (χ4v) is 6.69. The van der Waals surface area contributed by atoms with E-state index in [2.05, 4.69) is 49.3 Å². The molecule has 3 aliphatic rings. The van der Waals surface area contributed by atoms with E-state index in [9.17, 15) is 4.79 Å². The molecule has 0 bridgehead atoms. The van der Waals surface area contributed by atoms with Gasteiger partial charge in [0.15, 0.2) is 0 Å². The standard InChI is InChI=1S/C30H38N6O3S/c1-35(38-2)29(37)24-11-9-23(10-12-24)28-34-33-27(40-28)22-7-5-21(6-8-22)25-17-31-30(32-18-25)36-15-13-26(14-16-36)39-19-20-3-4-20/h5-8,17-18,20,23-24,26H,3-4,9-16,19H2,1-2H3/t23-,24-. The number of carbonyl (C=O) groups is 1. The molecule has 2 aromatic heterocycles. The molecule has 0 N–H and O–H groups in total. The van der Waals surface area contributed by atoms with Gasteiger partial charge >= 0.3 is 0 Å². The Labute approximate surface area is 239 Å². The highest BCUT2D eigenvalue weighted by Gasteiger charge is 2.31. The second-order valence-corrected chi connectivity index (χ2v) is 12.3. The van der Waals surface area contributed by atoms with Crippen LogP contribution < -0.4 is 4.90 Å². The van der Waals surface area contributed by atoms with Gasteiger partial charge in [-0.2, -0.15) is 0 Å². The summed E-state index contributed by atoms with van der Waals surface area (Å²) in [7, 11) is 3.20. The Kier molecular flexibility index (Phi) is 8.36. The molecule has 3 fully saturated rings. The number of ether oxygens (including phenoxy) is 1. The SMILES string of the molecule is CON(C)C(=O)[C@H]1CC[C@H](c2nnc(-c3ccc(-c4cnc(N5CCC(OCC6CC6)CC5)nc4)cc3)s2)CC1. The number of carbonyl (C=O) groups excluding carboxylic acids is 1. The predicted molar refractivity (Wildman–Crippen MR) is 155 cm³/mol. The van der Waals surface area contributed by atoms with E-state index in [1.807, 2.05) is 12.4 Å². The Balaban J connectivity index is 1.02. The van der Waals surface area contributed by atoms with E-state index < -0.39 is 0 Å². The van der Waals surface area contributed by atoms with E-state index in [1.165, 1.54) is 25.0 Å². The van der Waals surface area contributed by atoms with Gasteiger partial charge < -0.3 is 9.64 Å². The zero-order valence-electron chi connectivity index (χ0n) is 23.4. The maximum absolute atomic E-state index is 12.4. The molecule has 6 rings (SSSR count). The van der Waals surface area contributed by atoms with E-state index >= 15 is 0 Å². The summed E-state index contributed by atoms with van der Waals surface area (Å²) in [6, 6.07) is 8.38. The third-order valence-corrected chi connectivity index (χ3v) is 9.68. The van der Waals surface area contributed by atoms with E-state index in [0.29, 0.717) is 12.0 Å². The van der Waals surface area contributed by atoms with Crippen molar-refractivity contribution in [2.45, 2.75) is 63.4 Å². The fraction of sp³-hybridized carbons (Fsp3) is 0.567. The molecule has 1 aromatic carbocycles. The van der Waals surface area contributed by atoms with Crippen molar-refractivity contribution in [3.63, 3.8) is 0 Å². The number of piperidine rings is 1. The van der Waals surface area contributed by atoms with E-state index in [1.54, 1.807) is 18.4 Å². The van der Waals surface area contributed by atoms with Gasteiger partial charge in [-0.1, -0.05) is 35.6 Å². The molecule has 0 unspecified atom stereocenters. The summed E-state index contributed by atoms with van der Waals surface area (Å²) in [6.45, 7) is 2.82. The quantitative estimate of drug-likeness (QED) is 0.322. The van der Waals surface area contributed by atoms with Crippen molar-refractivity contribution in [3.05, 3.63) is 41.7 Å². The van der Waals surface area contributed by atoms with Crippen molar-refractivity contribution >= 4 is 23.2 Å². The highest BCUT2D eigenvalue weighted by atomic mass is 32.1. The first-order valence-electron chi connectivity index (χ1n) is 14.5. The van der Waals surface area contributed by atoms with Gasteiger partial charge in [0.2, 0.25) is 11.9 Å². The number of rotatable bonds is 9. The Morgan fingerprint density at radius 1 is 0.925 bits per heavy atom. The van der Waals surface area contributed by atoms with E-state index in [-0.39, 0.29) is 11.8 Å². The number of anilines is 1. The summed E-state index contributed by atoms with van der Waals surface area (Å²) < 4.78 is 6.07. The number of hydrogen-bond donors (Lipinski definition) is 0. The molecule has 10 heteroatoms. The lowest BCUT2D eigenvalue weighted by molar-refractivity contribution is -0.174. The van der Waals surface area contributed by atoms with Crippen LogP contribution in [0.15, 0.2) is 36.7 Å². The summed E-state index contributed by atoms with van der Waals surface area (Å²) >= 11 is 1.66. The van der Waals surface area contributed by atoms with E-state index in [0.717, 1.165) is 96.8 Å². The maximum Gasteiger partial charge on any atom is 0.248 e. The second-order valence-electron chi connectivity index (χ2n) is 11.3. The normalized spacial score (nSPS) is 21.9. The fourth-order valence-electron chi connectivity index (χ4n) is 5.67. The van der Waals surface area contributed by atoms with Crippen LogP contribution in [0.2, 0.25) is 0 Å². The zero-order chi connectivity index (χ0) is 27.5. The molecule has 2 aliphatic carbocycles. The minimum atomic E-state index is 0.0302. The summed E-state index contributed by atoms with van der Waals surface area (Å²) in [4.78, 5) is 29.1. The van der Waals surface area contributed by atoms with Crippen molar-refractivity contribution in [2.24, 2.45) is 11.8 Å². The van der Waals surface area contributed by atoms with Crippen LogP contribution in [0.25, 0.3) is 21.7 Å². The van der Waals surface area contributed by atoms with Crippen LogP contribution in [0.1, 0.15) is 62.3 Å². The highest BCUT2D eigenvalue weighted by molar-refractivity contribution is 7.14. The summed E-state index contributed by atoms with van der Waals surface area (Å²) in [5.74, 6) is 2.07. The van der Waals surface area contributed by atoms with Crippen LogP contribution in [0, 0.1) is 11.8 Å². The first kappa shape index (κ1) is 27.2. The molecular weight excluding hydrogens is 524 g/mol. The summed E-state index contributed by atoms with van der Waals surface area (Å²) in [6.07, 6.45) is 12.6. The first-order valence-corrected chi connectivity index (χ1v) is 15.3. The molecule has 3 aromatic rings. The molecule has 1 amide bonds. The van der Waals surface area contributed by atoms with Gasteiger partial charge in [-0.25, -0.2) is 15.0 Å². The Bertz CT molecular complexity index is 1260. The molecular formula is C30H38N6O3S. The number of hydroxylamine groups is 2. The average molecular weight is 563 g/mol. The maximum atomic E-state index is 12.4. The number of amides is 1. The number of hydrogen-bond acceptors (Lipinski definition) is 9. The van der Waals surface area contributed by atoms with Gasteiger partial charge in [0.05, 0.1) is 13.2 Å². The predicted octanol–water partition coefficient (Wildman–Crippen LogP) is 5.35. The van der Waals surface area contributed by atoms with Gasteiger partial charge in [-0.3, -0.25) is 9.63 Å². The molecule has 1 saturated heterocycles. The lowest BCUT2D eigenvalue weighted by Crippen LogP contribution is -2.38. The van der Waals surface area contributed by atoms with Crippen LogP contribution in [-0.4, -0.2) is 71.1 Å². The lowest BCUT2D eigenvalue weighted by atomic mass is 9.82.